The third-order valence-corrected chi connectivity index (χ3v) is 6.69. The number of fused-ring (bicyclic) bond motifs is 1. The number of aromatic hydroxyl groups is 1. The van der Waals surface area contributed by atoms with Gasteiger partial charge in [-0.25, -0.2) is 0 Å². The number of hydrogen-bond acceptors (Lipinski definition) is 7. The summed E-state index contributed by atoms with van der Waals surface area (Å²) < 4.78 is 16.6. The van der Waals surface area contributed by atoms with Gasteiger partial charge >= 0.3 is 0 Å². The summed E-state index contributed by atoms with van der Waals surface area (Å²) in [6, 6.07) is 18.4. The second kappa shape index (κ2) is 9.25. The zero-order valence-electron chi connectivity index (χ0n) is 19.9. The average molecular weight is 473 g/mol. The van der Waals surface area contributed by atoms with Crippen molar-refractivity contribution in [2.75, 3.05) is 32.0 Å². The van der Waals surface area contributed by atoms with Crippen molar-refractivity contribution < 1.29 is 24.1 Å². The van der Waals surface area contributed by atoms with Gasteiger partial charge in [-0.2, -0.15) is 0 Å². The number of ketones is 1. The Balaban J connectivity index is 1.59. The molecule has 0 fully saturated rings. The van der Waals surface area contributed by atoms with Crippen molar-refractivity contribution in [1.82, 2.24) is 0 Å². The molecule has 7 nitrogen and oxygen atoms in total. The summed E-state index contributed by atoms with van der Waals surface area (Å²) in [6.07, 6.45) is 0.996. The fraction of sp³-hybridized carbons (Fsp3) is 0.250. The molecule has 7 heteroatoms. The lowest BCUT2D eigenvalue weighted by atomic mass is 9.78. The minimum atomic E-state index is -0.338. The van der Waals surface area contributed by atoms with Crippen molar-refractivity contribution in [1.29, 1.82) is 0 Å². The lowest BCUT2D eigenvalue weighted by molar-refractivity contribution is -0.116. The first-order chi connectivity index (χ1) is 17.0. The van der Waals surface area contributed by atoms with Crippen molar-refractivity contribution in [3.8, 4) is 23.0 Å². The zero-order chi connectivity index (χ0) is 24.5. The molecular weight excluding hydrogens is 444 g/mol. The van der Waals surface area contributed by atoms with E-state index in [1.165, 1.54) is 0 Å². The standard InChI is InChI=1S/C28H28N2O5/c1-33-24-14-18(15-25(34-2)28(24)35-3)17-12-22-26(23(32)13-17)27(16-8-10-19(31)11-9-16)30-21-7-5-4-6-20(21)29-22/h4-11,14-15,17,27,29-31H,12-13H2,1-3H3. The lowest BCUT2D eigenvalue weighted by Crippen LogP contribution is -2.26. The third kappa shape index (κ3) is 4.14. The Morgan fingerprint density at radius 2 is 1.49 bits per heavy atom. The molecule has 0 radical (unpaired) electrons. The van der Waals surface area contributed by atoms with Crippen LogP contribution >= 0.6 is 0 Å². The van der Waals surface area contributed by atoms with E-state index in [1.54, 1.807) is 33.5 Å². The molecule has 1 heterocycles. The normalized spacial score (nSPS) is 19.0. The molecule has 0 saturated heterocycles. The Morgan fingerprint density at radius 1 is 0.829 bits per heavy atom. The quantitative estimate of drug-likeness (QED) is 0.458. The maximum atomic E-state index is 13.7. The number of carbonyl (C=O) groups is 1. The first-order valence-electron chi connectivity index (χ1n) is 11.5. The molecule has 0 bridgehead atoms. The molecule has 0 amide bonds. The molecule has 0 saturated carbocycles. The highest BCUT2D eigenvalue weighted by Crippen LogP contribution is 2.47. The minimum absolute atomic E-state index is 0.0619. The SMILES string of the molecule is COc1cc(C2CC(=O)C3=C(C2)Nc2ccccc2NC3c2ccc(O)cc2)cc(OC)c1OC. The predicted molar refractivity (Wildman–Crippen MR) is 135 cm³/mol. The number of benzene rings is 3. The van der Waals surface area contributed by atoms with E-state index < -0.39 is 0 Å². The van der Waals surface area contributed by atoms with E-state index in [-0.39, 0.29) is 23.5 Å². The first-order valence-corrected chi connectivity index (χ1v) is 11.5. The Labute approximate surface area is 204 Å². The van der Waals surface area contributed by atoms with Gasteiger partial charge in [-0.3, -0.25) is 4.79 Å². The van der Waals surface area contributed by atoms with Crippen LogP contribution in [0.4, 0.5) is 11.4 Å². The van der Waals surface area contributed by atoms with Crippen LogP contribution in [-0.4, -0.2) is 32.2 Å². The average Bonchev–Trinajstić information content (AvgIpc) is 3.05. The fourth-order valence-corrected chi connectivity index (χ4v) is 4.98. The Hall–Kier alpha value is -4.13. The van der Waals surface area contributed by atoms with Gasteiger partial charge in [0.15, 0.2) is 17.3 Å². The van der Waals surface area contributed by atoms with Crippen molar-refractivity contribution in [3.05, 3.63) is 83.1 Å². The van der Waals surface area contributed by atoms with Crippen molar-refractivity contribution in [3.63, 3.8) is 0 Å². The van der Waals surface area contributed by atoms with E-state index in [2.05, 4.69) is 10.6 Å². The number of methoxy groups -OCH3 is 3. The van der Waals surface area contributed by atoms with Crippen LogP contribution in [0, 0.1) is 0 Å². The molecule has 3 aromatic carbocycles. The summed E-state index contributed by atoms with van der Waals surface area (Å²) in [4.78, 5) is 13.7. The number of ether oxygens (including phenoxy) is 3. The summed E-state index contributed by atoms with van der Waals surface area (Å²) in [6.45, 7) is 0. The second-order valence-corrected chi connectivity index (χ2v) is 8.72. The van der Waals surface area contributed by atoms with Crippen LogP contribution in [0.3, 0.4) is 0 Å². The van der Waals surface area contributed by atoms with Crippen LogP contribution in [0.5, 0.6) is 23.0 Å². The topological polar surface area (TPSA) is 89.1 Å². The molecule has 0 aromatic heterocycles. The molecule has 3 N–H and O–H groups in total. The summed E-state index contributed by atoms with van der Waals surface area (Å²) in [5.41, 5.74) is 5.30. The van der Waals surface area contributed by atoms with Gasteiger partial charge in [0.1, 0.15) is 5.75 Å². The third-order valence-electron chi connectivity index (χ3n) is 6.69. The number of para-hydroxylation sites is 2. The van der Waals surface area contributed by atoms with E-state index in [0.717, 1.165) is 33.8 Å². The number of phenolic OH excluding ortho intramolecular Hbond substituents is 1. The summed E-state index contributed by atoms with van der Waals surface area (Å²) in [7, 11) is 4.75. The van der Waals surface area contributed by atoms with Crippen LogP contribution in [0.25, 0.3) is 0 Å². The van der Waals surface area contributed by atoms with E-state index in [1.807, 2.05) is 48.5 Å². The molecule has 1 aliphatic heterocycles. The maximum Gasteiger partial charge on any atom is 0.203 e. The summed E-state index contributed by atoms with van der Waals surface area (Å²) >= 11 is 0. The van der Waals surface area contributed by atoms with Gasteiger partial charge in [0.25, 0.3) is 0 Å². The summed E-state index contributed by atoms with van der Waals surface area (Å²) in [5.74, 6) is 1.85. The van der Waals surface area contributed by atoms with Crippen molar-refractivity contribution >= 4 is 17.2 Å². The van der Waals surface area contributed by atoms with Crippen LogP contribution in [0.15, 0.2) is 71.9 Å². The largest absolute Gasteiger partial charge is 0.508 e. The highest BCUT2D eigenvalue weighted by atomic mass is 16.5. The fourth-order valence-electron chi connectivity index (χ4n) is 4.98. The molecule has 35 heavy (non-hydrogen) atoms. The molecule has 180 valence electrons. The van der Waals surface area contributed by atoms with Crippen LogP contribution in [0.1, 0.15) is 35.9 Å². The van der Waals surface area contributed by atoms with Gasteiger partial charge in [0.2, 0.25) is 5.75 Å². The molecule has 3 aromatic rings. The van der Waals surface area contributed by atoms with Gasteiger partial charge in [-0.05, 0) is 59.9 Å². The summed E-state index contributed by atoms with van der Waals surface area (Å²) in [5, 5.41) is 16.9. The van der Waals surface area contributed by atoms with Crippen LogP contribution < -0.4 is 24.8 Å². The van der Waals surface area contributed by atoms with Crippen LogP contribution in [-0.2, 0) is 4.79 Å². The molecule has 1 aliphatic carbocycles. The van der Waals surface area contributed by atoms with Crippen LogP contribution in [0.2, 0.25) is 0 Å². The molecule has 2 atom stereocenters. The van der Waals surface area contributed by atoms with Gasteiger partial charge in [0.05, 0.1) is 38.7 Å². The van der Waals surface area contributed by atoms with E-state index in [9.17, 15) is 9.90 Å². The van der Waals surface area contributed by atoms with E-state index in [0.29, 0.717) is 30.1 Å². The molecule has 2 aliphatic rings. The number of phenols is 1. The van der Waals surface area contributed by atoms with Gasteiger partial charge in [-0.1, -0.05) is 24.3 Å². The number of anilines is 2. The Kier molecular flexibility index (Phi) is 5.99. The smallest absolute Gasteiger partial charge is 0.203 e. The number of nitrogens with one attached hydrogen (secondary N) is 2. The molecular formula is C28H28N2O5. The van der Waals surface area contributed by atoms with Gasteiger partial charge < -0.3 is 30.0 Å². The number of rotatable bonds is 5. The first kappa shape index (κ1) is 22.7. The van der Waals surface area contributed by atoms with Gasteiger partial charge in [-0.15, -0.1) is 0 Å². The highest BCUT2D eigenvalue weighted by molar-refractivity contribution is 6.01. The van der Waals surface area contributed by atoms with Crippen molar-refractivity contribution in [2.45, 2.75) is 24.8 Å². The Bertz CT molecular complexity index is 1270. The maximum absolute atomic E-state index is 13.7. The zero-order valence-corrected chi connectivity index (χ0v) is 19.9. The molecule has 2 unspecified atom stereocenters. The number of carbonyl (C=O) groups excluding carboxylic acids is 1. The minimum Gasteiger partial charge on any atom is -0.508 e. The number of hydrogen-bond donors (Lipinski definition) is 3. The van der Waals surface area contributed by atoms with E-state index >= 15 is 0 Å². The molecule has 0 spiro atoms. The second-order valence-electron chi connectivity index (χ2n) is 8.72. The lowest BCUT2D eigenvalue weighted by Gasteiger charge is -2.30. The predicted octanol–water partition coefficient (Wildman–Crippen LogP) is 5.40. The monoisotopic (exact) mass is 472 g/mol. The highest BCUT2D eigenvalue weighted by Gasteiger charge is 2.36. The molecule has 5 rings (SSSR count). The van der Waals surface area contributed by atoms with Gasteiger partial charge in [0, 0.05) is 17.7 Å². The number of allylic oxidation sites excluding steroid dienone is 1. The number of Topliss-reactive ketones (excluding diaryl/α,β-unsaturated/α-hetero) is 1. The Morgan fingerprint density at radius 3 is 2.11 bits per heavy atom. The van der Waals surface area contributed by atoms with E-state index in [4.69, 9.17) is 14.2 Å². The van der Waals surface area contributed by atoms with Crippen molar-refractivity contribution in [2.24, 2.45) is 0 Å².